The Balaban J connectivity index is 6.49. The van der Waals surface area contributed by atoms with E-state index in [0.29, 0.717) is 12.7 Å². The molecule has 0 aliphatic carbocycles. The Bertz CT molecular complexity index is 610. The van der Waals surface area contributed by atoms with Crippen LogP contribution in [0.15, 0.2) is 0 Å². The highest BCUT2D eigenvalue weighted by Crippen LogP contribution is 2.43. The maximum Gasteiger partial charge on any atom is 0.240 e. The minimum Gasteiger partial charge on any atom is -0.393 e. The number of rotatable bonds is 14. The molecule has 1 amide bonds. The van der Waals surface area contributed by atoms with E-state index in [1.54, 1.807) is 46.8 Å². The number of amides is 1. The van der Waals surface area contributed by atoms with Gasteiger partial charge < -0.3 is 25.2 Å². The number of likely N-dealkylation sites (N-methyl/N-ethyl adjacent to an activating group) is 3. The minimum atomic E-state index is -1.63. The van der Waals surface area contributed by atoms with Crippen molar-refractivity contribution < 1.29 is 24.6 Å². The average Bonchev–Trinajstić information content (AvgIpc) is 2.66. The van der Waals surface area contributed by atoms with Crippen LogP contribution in [0.1, 0.15) is 61.3 Å². The first-order valence-corrected chi connectivity index (χ1v) is 11.2. The molecule has 0 fully saturated rings. The minimum absolute atomic E-state index is 0.0205. The third-order valence-electron chi connectivity index (χ3n) is 6.68. The maximum atomic E-state index is 14.0. The Kier molecular flexibility index (Phi) is 11.5. The van der Waals surface area contributed by atoms with Gasteiger partial charge in [-0.2, -0.15) is 0 Å². The van der Waals surface area contributed by atoms with Crippen molar-refractivity contribution in [3.05, 3.63) is 0 Å². The number of aliphatic hydroxyl groups is 2. The lowest BCUT2D eigenvalue weighted by Crippen LogP contribution is -2.69. The van der Waals surface area contributed by atoms with Crippen LogP contribution in [0.2, 0.25) is 0 Å². The Morgan fingerprint density at radius 2 is 1.58 bits per heavy atom. The molecule has 0 aliphatic heterocycles. The van der Waals surface area contributed by atoms with Crippen LogP contribution in [-0.4, -0.2) is 95.5 Å². The molecule has 0 heterocycles. The van der Waals surface area contributed by atoms with Gasteiger partial charge in [-0.15, -0.1) is 0 Å². The molecule has 182 valence electrons. The van der Waals surface area contributed by atoms with Gasteiger partial charge in [-0.1, -0.05) is 27.7 Å². The number of β-amino-alcohol motifs (C(OH)–C–C–N with tert-alkyl or cyclic N) is 1. The number of hydrogen-bond acceptors (Lipinski definition) is 7. The van der Waals surface area contributed by atoms with Gasteiger partial charge in [0.25, 0.3) is 0 Å². The molecule has 8 nitrogen and oxygen atoms in total. The molecule has 2 unspecified atom stereocenters. The van der Waals surface area contributed by atoms with Crippen LogP contribution in [-0.2, 0) is 14.4 Å². The zero-order valence-corrected chi connectivity index (χ0v) is 21.1. The topological polar surface area (TPSA) is 110 Å². The third-order valence-corrected chi connectivity index (χ3v) is 6.68. The molecule has 0 aromatic heterocycles. The molecular formula is C23H45N3O5. The number of carbonyl (C=O) groups excluding carboxylic acids is 3. The molecule has 0 bridgehead atoms. The van der Waals surface area contributed by atoms with Crippen LogP contribution in [0.4, 0.5) is 0 Å². The Morgan fingerprint density at radius 1 is 1.06 bits per heavy atom. The van der Waals surface area contributed by atoms with Gasteiger partial charge in [0.1, 0.15) is 11.8 Å². The summed E-state index contributed by atoms with van der Waals surface area (Å²) >= 11 is 0. The summed E-state index contributed by atoms with van der Waals surface area (Å²) in [6.07, 6.45) is -0.207. The highest BCUT2D eigenvalue weighted by molar-refractivity contribution is 6.07. The van der Waals surface area contributed by atoms with Gasteiger partial charge in [0.15, 0.2) is 5.78 Å². The summed E-state index contributed by atoms with van der Waals surface area (Å²) in [6.45, 7) is 12.5. The summed E-state index contributed by atoms with van der Waals surface area (Å²) in [7, 11) is 4.90. The summed E-state index contributed by atoms with van der Waals surface area (Å²) in [5.41, 5.74) is -2.54. The second-order valence-electron chi connectivity index (χ2n) is 9.58. The second-order valence-corrected chi connectivity index (χ2v) is 9.58. The van der Waals surface area contributed by atoms with Gasteiger partial charge in [0.05, 0.1) is 24.3 Å². The van der Waals surface area contributed by atoms with E-state index in [1.165, 1.54) is 4.90 Å². The first kappa shape index (κ1) is 29.7. The standard InChI is InChI=1S/C23H45N3O5/c1-11-22(7,12-16(4)28)23(14-27,25(9)13-17(5)29)20(30)18(6)26(10)21(31)19(24-8)15(2)3/h14-19,24,28-29H,11-13H2,1-10H3/t16?,17?,18-,19-,22+,23+/m1/s1. The molecule has 0 aliphatic rings. The van der Waals surface area contributed by atoms with Crippen molar-refractivity contribution in [2.24, 2.45) is 11.3 Å². The van der Waals surface area contributed by atoms with Crippen molar-refractivity contribution in [3.63, 3.8) is 0 Å². The molecule has 0 saturated heterocycles. The lowest BCUT2D eigenvalue weighted by atomic mass is 9.62. The summed E-state index contributed by atoms with van der Waals surface area (Å²) in [6, 6.07) is -1.35. The molecular weight excluding hydrogens is 398 g/mol. The fourth-order valence-corrected chi connectivity index (χ4v) is 4.64. The number of hydrogen-bond donors (Lipinski definition) is 3. The van der Waals surface area contributed by atoms with E-state index in [0.717, 1.165) is 0 Å². The first-order chi connectivity index (χ1) is 14.2. The molecule has 31 heavy (non-hydrogen) atoms. The van der Waals surface area contributed by atoms with Gasteiger partial charge in [-0.25, -0.2) is 0 Å². The van der Waals surface area contributed by atoms with Crippen molar-refractivity contribution in [2.45, 2.75) is 91.1 Å². The van der Waals surface area contributed by atoms with E-state index in [1.807, 2.05) is 27.7 Å². The molecule has 0 rings (SSSR count). The molecule has 0 aromatic carbocycles. The van der Waals surface area contributed by atoms with Crippen LogP contribution >= 0.6 is 0 Å². The molecule has 0 spiro atoms. The molecule has 3 N–H and O–H groups in total. The number of nitrogens with zero attached hydrogens (tertiary/aromatic N) is 2. The molecule has 8 heteroatoms. The Hall–Kier alpha value is -1.35. The smallest absolute Gasteiger partial charge is 0.240 e. The largest absolute Gasteiger partial charge is 0.393 e. The molecule has 0 radical (unpaired) electrons. The first-order valence-electron chi connectivity index (χ1n) is 11.2. The van der Waals surface area contributed by atoms with Crippen LogP contribution in [0, 0.1) is 11.3 Å². The Morgan fingerprint density at radius 3 is 1.90 bits per heavy atom. The molecule has 0 aromatic rings. The fraction of sp³-hybridized carbons (Fsp3) is 0.870. The Labute approximate surface area is 188 Å². The van der Waals surface area contributed by atoms with E-state index in [4.69, 9.17) is 0 Å². The predicted molar refractivity (Wildman–Crippen MR) is 123 cm³/mol. The van der Waals surface area contributed by atoms with Gasteiger partial charge in [-0.05, 0) is 53.6 Å². The predicted octanol–water partition coefficient (Wildman–Crippen LogP) is 1.08. The van der Waals surface area contributed by atoms with Crippen LogP contribution in [0.3, 0.4) is 0 Å². The third kappa shape index (κ3) is 6.34. The normalized spacial score (nSPS) is 19.8. The van der Waals surface area contributed by atoms with Crippen LogP contribution < -0.4 is 5.32 Å². The molecule has 0 saturated carbocycles. The number of Topliss-reactive ketones (excluding diaryl/α,β-unsaturated/α-hetero) is 1. The van der Waals surface area contributed by atoms with Gasteiger partial charge in [0.2, 0.25) is 5.91 Å². The van der Waals surface area contributed by atoms with Crippen molar-refractivity contribution in [1.29, 1.82) is 0 Å². The quantitative estimate of drug-likeness (QED) is 0.272. The van der Waals surface area contributed by atoms with E-state index in [2.05, 4.69) is 5.32 Å². The number of aldehydes is 1. The van der Waals surface area contributed by atoms with Gasteiger partial charge in [-0.3, -0.25) is 14.5 Å². The van der Waals surface area contributed by atoms with Crippen molar-refractivity contribution in [1.82, 2.24) is 15.1 Å². The zero-order chi connectivity index (χ0) is 24.7. The number of nitrogens with one attached hydrogen (secondary N) is 1. The van der Waals surface area contributed by atoms with Crippen LogP contribution in [0.5, 0.6) is 0 Å². The highest BCUT2D eigenvalue weighted by atomic mass is 16.3. The summed E-state index contributed by atoms with van der Waals surface area (Å²) < 4.78 is 0. The van der Waals surface area contributed by atoms with Crippen molar-refractivity contribution >= 4 is 18.0 Å². The SMILES string of the molecule is CC[C@@](C)(CC(C)O)[C@](C=O)(C(=O)[C@@H](C)N(C)C(=O)[C@H](NC)C(C)C)N(C)CC(C)O. The summed E-state index contributed by atoms with van der Waals surface area (Å²) in [4.78, 5) is 42.7. The monoisotopic (exact) mass is 443 g/mol. The lowest BCUT2D eigenvalue weighted by Gasteiger charge is -2.51. The van der Waals surface area contributed by atoms with Gasteiger partial charge in [0, 0.05) is 19.0 Å². The van der Waals surface area contributed by atoms with E-state index < -0.39 is 41.0 Å². The van der Waals surface area contributed by atoms with E-state index in [9.17, 15) is 24.6 Å². The van der Waals surface area contributed by atoms with Crippen molar-refractivity contribution in [2.75, 3.05) is 27.7 Å². The summed E-state index contributed by atoms with van der Waals surface area (Å²) in [5.74, 6) is -0.637. The number of carbonyl (C=O) groups is 3. The highest BCUT2D eigenvalue weighted by Gasteiger charge is 2.57. The lowest BCUT2D eigenvalue weighted by molar-refractivity contribution is -0.157. The van der Waals surface area contributed by atoms with Crippen LogP contribution in [0.25, 0.3) is 0 Å². The average molecular weight is 444 g/mol. The van der Waals surface area contributed by atoms with E-state index >= 15 is 0 Å². The second kappa shape index (κ2) is 12.0. The fourth-order valence-electron chi connectivity index (χ4n) is 4.64. The van der Waals surface area contributed by atoms with Gasteiger partial charge >= 0.3 is 0 Å². The zero-order valence-electron chi connectivity index (χ0n) is 21.1. The van der Waals surface area contributed by atoms with Crippen molar-refractivity contribution in [3.8, 4) is 0 Å². The summed E-state index contributed by atoms with van der Waals surface area (Å²) in [5, 5.41) is 23.1. The number of ketones is 1. The number of aliphatic hydroxyl groups excluding tert-OH is 2. The maximum absolute atomic E-state index is 14.0. The molecule has 6 atom stereocenters. The van der Waals surface area contributed by atoms with E-state index in [-0.39, 0.29) is 24.8 Å².